The lowest BCUT2D eigenvalue weighted by Crippen LogP contribution is -2.42. The Labute approximate surface area is 132 Å². The van der Waals surface area contributed by atoms with Crippen molar-refractivity contribution in [1.82, 2.24) is 10.6 Å². The van der Waals surface area contributed by atoms with Crippen LogP contribution in [-0.4, -0.2) is 25.0 Å². The largest absolute Gasteiger partial charge is 0.356 e. The molecule has 118 valence electrons. The van der Waals surface area contributed by atoms with E-state index in [-0.39, 0.29) is 30.0 Å². The van der Waals surface area contributed by atoms with Gasteiger partial charge < -0.3 is 10.6 Å². The van der Waals surface area contributed by atoms with E-state index in [0.29, 0.717) is 12.6 Å². The Morgan fingerprint density at radius 3 is 2.90 bits per heavy atom. The zero-order valence-electron chi connectivity index (χ0n) is 12.6. The van der Waals surface area contributed by atoms with Crippen LogP contribution >= 0.6 is 12.4 Å². The van der Waals surface area contributed by atoms with Crippen molar-refractivity contribution >= 4 is 18.3 Å². The van der Waals surface area contributed by atoms with Crippen molar-refractivity contribution in [2.45, 2.75) is 39.2 Å². The van der Waals surface area contributed by atoms with Gasteiger partial charge in [-0.15, -0.1) is 12.4 Å². The molecule has 0 aliphatic carbocycles. The maximum Gasteiger partial charge on any atom is 0.223 e. The number of nitrogens with one attached hydrogen (secondary N) is 2. The van der Waals surface area contributed by atoms with Crippen molar-refractivity contribution in [2.75, 3.05) is 13.1 Å². The molecule has 0 aromatic heterocycles. The van der Waals surface area contributed by atoms with E-state index in [4.69, 9.17) is 0 Å². The summed E-state index contributed by atoms with van der Waals surface area (Å²) in [6.45, 7) is 5.54. The van der Waals surface area contributed by atoms with Gasteiger partial charge in [-0.05, 0) is 62.9 Å². The molecule has 0 bridgehead atoms. The zero-order chi connectivity index (χ0) is 14.5. The predicted octanol–water partition coefficient (Wildman–Crippen LogP) is 2.60. The van der Waals surface area contributed by atoms with Gasteiger partial charge in [0.05, 0.1) is 0 Å². The Kier molecular flexibility index (Phi) is 7.12. The van der Waals surface area contributed by atoms with E-state index in [0.717, 1.165) is 36.9 Å². The Morgan fingerprint density at radius 1 is 1.48 bits per heavy atom. The Morgan fingerprint density at radius 2 is 2.24 bits per heavy atom. The van der Waals surface area contributed by atoms with E-state index in [1.165, 1.54) is 12.1 Å². The lowest BCUT2D eigenvalue weighted by molar-refractivity contribution is -0.126. The highest BCUT2D eigenvalue weighted by atomic mass is 35.5. The quantitative estimate of drug-likeness (QED) is 0.897. The van der Waals surface area contributed by atoms with E-state index >= 15 is 0 Å². The van der Waals surface area contributed by atoms with E-state index in [1.807, 2.05) is 6.92 Å². The third kappa shape index (κ3) is 5.29. The minimum Gasteiger partial charge on any atom is -0.356 e. The molecule has 1 aromatic carbocycles. The Balaban J connectivity index is 0.00000220. The molecule has 3 nitrogen and oxygen atoms in total. The molecular formula is C16H24ClFN2O. The van der Waals surface area contributed by atoms with Crippen LogP contribution in [0.4, 0.5) is 4.39 Å². The summed E-state index contributed by atoms with van der Waals surface area (Å²) >= 11 is 0. The fourth-order valence-electron chi connectivity index (χ4n) is 2.77. The summed E-state index contributed by atoms with van der Waals surface area (Å²) in [5, 5.41) is 6.35. The third-order valence-corrected chi connectivity index (χ3v) is 3.99. The number of benzene rings is 1. The van der Waals surface area contributed by atoms with Crippen LogP contribution in [0.25, 0.3) is 0 Å². The van der Waals surface area contributed by atoms with Gasteiger partial charge in [-0.3, -0.25) is 4.79 Å². The number of carbonyl (C=O) groups excluding carboxylic acids is 1. The van der Waals surface area contributed by atoms with Gasteiger partial charge in [0, 0.05) is 18.5 Å². The number of amides is 1. The van der Waals surface area contributed by atoms with Gasteiger partial charge in [-0.1, -0.05) is 6.07 Å². The SMILES string of the molecule is Cc1cc(F)ccc1CCNC(=O)[C@H]1CCN[C@@H](C)C1.Cl. The fourth-order valence-corrected chi connectivity index (χ4v) is 2.77. The molecule has 2 rings (SSSR count). The molecule has 0 radical (unpaired) electrons. The highest BCUT2D eigenvalue weighted by Gasteiger charge is 2.24. The van der Waals surface area contributed by atoms with Crippen molar-refractivity contribution < 1.29 is 9.18 Å². The summed E-state index contributed by atoms with van der Waals surface area (Å²) in [6, 6.07) is 5.21. The van der Waals surface area contributed by atoms with Crippen molar-refractivity contribution in [3.8, 4) is 0 Å². The summed E-state index contributed by atoms with van der Waals surface area (Å²) in [5.74, 6) is 0.0673. The molecule has 1 aliphatic rings. The van der Waals surface area contributed by atoms with E-state index in [1.54, 1.807) is 6.07 Å². The van der Waals surface area contributed by atoms with E-state index in [2.05, 4.69) is 17.6 Å². The minimum absolute atomic E-state index is 0. The lowest BCUT2D eigenvalue weighted by atomic mass is 9.92. The highest BCUT2D eigenvalue weighted by Crippen LogP contribution is 2.16. The number of rotatable bonds is 4. The van der Waals surface area contributed by atoms with Gasteiger partial charge in [0.1, 0.15) is 5.82 Å². The normalized spacial score (nSPS) is 21.5. The molecule has 21 heavy (non-hydrogen) atoms. The highest BCUT2D eigenvalue weighted by molar-refractivity contribution is 5.85. The average Bonchev–Trinajstić information content (AvgIpc) is 2.41. The first-order valence-corrected chi connectivity index (χ1v) is 7.32. The average molecular weight is 315 g/mol. The van der Waals surface area contributed by atoms with Gasteiger partial charge in [-0.2, -0.15) is 0 Å². The molecule has 0 saturated carbocycles. The minimum atomic E-state index is -0.209. The van der Waals surface area contributed by atoms with Crippen LogP contribution in [0, 0.1) is 18.7 Å². The second-order valence-electron chi connectivity index (χ2n) is 5.69. The number of hydrogen-bond donors (Lipinski definition) is 2. The van der Waals surface area contributed by atoms with Crippen molar-refractivity contribution in [3.63, 3.8) is 0 Å². The van der Waals surface area contributed by atoms with Gasteiger partial charge in [0.15, 0.2) is 0 Å². The van der Waals surface area contributed by atoms with Crippen molar-refractivity contribution in [1.29, 1.82) is 0 Å². The number of halogens is 2. The summed E-state index contributed by atoms with van der Waals surface area (Å²) in [7, 11) is 0. The standard InChI is InChI=1S/C16H23FN2O.ClH/c1-11-9-15(17)4-3-13(11)5-8-19-16(20)14-6-7-18-12(2)10-14;/h3-4,9,12,14,18H,5-8,10H2,1-2H3,(H,19,20);1H/t12-,14-;/m0./s1. The molecule has 2 atom stereocenters. The summed E-state index contributed by atoms with van der Waals surface area (Å²) < 4.78 is 13.0. The maximum atomic E-state index is 13.0. The Hall–Kier alpha value is -1.13. The number of aryl methyl sites for hydroxylation is 1. The van der Waals surface area contributed by atoms with Crippen LogP contribution < -0.4 is 10.6 Å². The number of carbonyl (C=O) groups is 1. The maximum absolute atomic E-state index is 13.0. The van der Waals surface area contributed by atoms with Crippen LogP contribution in [0.3, 0.4) is 0 Å². The van der Waals surface area contributed by atoms with Crippen LogP contribution in [-0.2, 0) is 11.2 Å². The van der Waals surface area contributed by atoms with Crippen LogP contribution in [0.5, 0.6) is 0 Å². The van der Waals surface area contributed by atoms with Crippen LogP contribution in [0.15, 0.2) is 18.2 Å². The molecule has 1 aliphatic heterocycles. The van der Waals surface area contributed by atoms with Crippen molar-refractivity contribution in [2.24, 2.45) is 5.92 Å². The van der Waals surface area contributed by atoms with E-state index in [9.17, 15) is 9.18 Å². The zero-order valence-corrected chi connectivity index (χ0v) is 13.4. The topological polar surface area (TPSA) is 41.1 Å². The molecule has 2 N–H and O–H groups in total. The number of piperidine rings is 1. The first kappa shape index (κ1) is 17.9. The molecular weight excluding hydrogens is 291 g/mol. The molecule has 5 heteroatoms. The summed E-state index contributed by atoms with van der Waals surface area (Å²) in [4.78, 5) is 12.1. The van der Waals surface area contributed by atoms with Crippen LogP contribution in [0.1, 0.15) is 30.9 Å². The summed E-state index contributed by atoms with van der Waals surface area (Å²) in [5.41, 5.74) is 2.03. The Bertz CT molecular complexity index is 481. The third-order valence-electron chi connectivity index (χ3n) is 3.99. The molecule has 1 saturated heterocycles. The fraction of sp³-hybridized carbons (Fsp3) is 0.562. The van der Waals surface area contributed by atoms with Gasteiger partial charge in [0.2, 0.25) is 5.91 Å². The molecule has 1 aromatic rings. The molecule has 0 unspecified atom stereocenters. The molecule has 1 heterocycles. The predicted molar refractivity (Wildman–Crippen MR) is 85.3 cm³/mol. The first-order valence-electron chi connectivity index (χ1n) is 7.32. The molecule has 0 spiro atoms. The second kappa shape index (κ2) is 8.35. The van der Waals surface area contributed by atoms with Gasteiger partial charge in [0.25, 0.3) is 0 Å². The first-order chi connectivity index (χ1) is 9.56. The monoisotopic (exact) mass is 314 g/mol. The van der Waals surface area contributed by atoms with E-state index < -0.39 is 0 Å². The molecule has 1 fully saturated rings. The number of hydrogen-bond acceptors (Lipinski definition) is 2. The van der Waals surface area contributed by atoms with Gasteiger partial charge in [-0.25, -0.2) is 4.39 Å². The lowest BCUT2D eigenvalue weighted by Gasteiger charge is -2.27. The second-order valence-corrected chi connectivity index (χ2v) is 5.69. The summed E-state index contributed by atoms with van der Waals surface area (Å²) in [6.07, 6.45) is 2.56. The van der Waals surface area contributed by atoms with Crippen LogP contribution in [0.2, 0.25) is 0 Å². The van der Waals surface area contributed by atoms with Crippen molar-refractivity contribution in [3.05, 3.63) is 35.1 Å². The smallest absolute Gasteiger partial charge is 0.223 e. The molecule has 1 amide bonds. The van der Waals surface area contributed by atoms with Gasteiger partial charge >= 0.3 is 0 Å².